The molecule has 1 aliphatic heterocycles. The summed E-state index contributed by atoms with van der Waals surface area (Å²) in [6.45, 7) is 2.46. The molecule has 1 aromatic carbocycles. The molecule has 2 rings (SSSR count). The Morgan fingerprint density at radius 2 is 2.14 bits per heavy atom. The van der Waals surface area contributed by atoms with Gasteiger partial charge in [0.25, 0.3) is 5.91 Å². The number of hydrogen-bond acceptors (Lipinski definition) is 3. The second-order valence-electron chi connectivity index (χ2n) is 5.08. The van der Waals surface area contributed by atoms with Crippen molar-refractivity contribution in [1.29, 1.82) is 0 Å². The van der Waals surface area contributed by atoms with Crippen LogP contribution in [0.1, 0.15) is 23.7 Å². The first-order chi connectivity index (χ1) is 9.81. The fourth-order valence-electron chi connectivity index (χ4n) is 2.34. The molecule has 1 aliphatic rings. The molecule has 0 spiro atoms. The van der Waals surface area contributed by atoms with Crippen molar-refractivity contribution >= 4 is 23.2 Å². The average Bonchev–Trinajstić information content (AvgIpc) is 2.43. The van der Waals surface area contributed by atoms with E-state index in [0.29, 0.717) is 31.6 Å². The first-order valence-electron chi connectivity index (χ1n) is 6.38. The first kappa shape index (κ1) is 15.6. The summed E-state index contributed by atoms with van der Waals surface area (Å²) < 4.78 is 27.4. The molecular formula is C13H13ClF2N2O3. The van der Waals surface area contributed by atoms with E-state index < -0.39 is 33.7 Å². The highest BCUT2D eigenvalue weighted by Crippen LogP contribution is 2.27. The van der Waals surface area contributed by atoms with Crippen LogP contribution in [0.2, 0.25) is 0 Å². The Morgan fingerprint density at radius 3 is 2.71 bits per heavy atom. The number of carbonyl (C=O) groups excluding carboxylic acids is 1. The molecule has 2 unspecified atom stereocenters. The fraction of sp³-hybridized carbons (Fsp3) is 0.462. The second kappa shape index (κ2) is 5.93. The molecule has 0 radical (unpaired) electrons. The summed E-state index contributed by atoms with van der Waals surface area (Å²) in [6, 6.07) is 1.14. The molecule has 0 aliphatic carbocycles. The summed E-state index contributed by atoms with van der Waals surface area (Å²) in [5.74, 6) is -3.08. The molecule has 114 valence electrons. The number of nitro groups is 1. The van der Waals surface area contributed by atoms with Crippen molar-refractivity contribution < 1.29 is 18.5 Å². The highest BCUT2D eigenvalue weighted by molar-refractivity contribution is 6.20. The normalized spacial score (nSPS) is 22.2. The molecule has 1 fully saturated rings. The number of alkyl halides is 1. The summed E-state index contributed by atoms with van der Waals surface area (Å²) in [6.07, 6.45) is 0.535. The largest absolute Gasteiger partial charge is 0.338 e. The van der Waals surface area contributed by atoms with Gasteiger partial charge in [-0.25, -0.2) is 4.39 Å². The van der Waals surface area contributed by atoms with E-state index in [0.717, 1.165) is 0 Å². The molecule has 0 N–H and O–H groups in total. The molecule has 1 amide bonds. The molecule has 1 saturated heterocycles. The summed E-state index contributed by atoms with van der Waals surface area (Å²) in [5, 5.41) is 10.6. The topological polar surface area (TPSA) is 63.5 Å². The Labute approximate surface area is 124 Å². The molecule has 1 heterocycles. The van der Waals surface area contributed by atoms with E-state index in [4.69, 9.17) is 11.6 Å². The minimum atomic E-state index is -1.31. The second-order valence-corrected chi connectivity index (χ2v) is 5.64. The third-order valence-corrected chi connectivity index (χ3v) is 4.18. The molecule has 5 nitrogen and oxygen atoms in total. The zero-order valence-electron chi connectivity index (χ0n) is 11.2. The van der Waals surface area contributed by atoms with Gasteiger partial charge in [0.1, 0.15) is 5.82 Å². The fourth-order valence-corrected chi connectivity index (χ4v) is 2.51. The molecule has 0 bridgehead atoms. The highest BCUT2D eigenvalue weighted by Gasteiger charge is 2.31. The Hall–Kier alpha value is -1.76. The number of nitrogens with zero attached hydrogens (tertiary/aromatic N) is 2. The van der Waals surface area contributed by atoms with Gasteiger partial charge in [-0.15, -0.1) is 11.6 Å². The first-order valence-corrected chi connectivity index (χ1v) is 6.81. The van der Waals surface area contributed by atoms with Crippen LogP contribution < -0.4 is 0 Å². The van der Waals surface area contributed by atoms with Crippen molar-refractivity contribution in [2.75, 3.05) is 13.1 Å². The Morgan fingerprint density at radius 1 is 1.48 bits per heavy atom. The van der Waals surface area contributed by atoms with Crippen molar-refractivity contribution in [2.45, 2.75) is 18.7 Å². The molecule has 0 saturated carbocycles. The van der Waals surface area contributed by atoms with Gasteiger partial charge in [-0.1, -0.05) is 6.92 Å². The van der Waals surface area contributed by atoms with E-state index in [2.05, 4.69) is 0 Å². The summed E-state index contributed by atoms with van der Waals surface area (Å²) in [7, 11) is 0. The predicted molar refractivity (Wildman–Crippen MR) is 72.3 cm³/mol. The average molecular weight is 319 g/mol. The number of hydrogen-bond donors (Lipinski definition) is 0. The third-order valence-electron chi connectivity index (χ3n) is 3.53. The summed E-state index contributed by atoms with van der Waals surface area (Å²) in [4.78, 5) is 23.2. The minimum Gasteiger partial charge on any atom is -0.338 e. The molecule has 1 aromatic rings. The van der Waals surface area contributed by atoms with Gasteiger partial charge in [0, 0.05) is 18.5 Å². The van der Waals surface area contributed by atoms with E-state index in [9.17, 15) is 23.7 Å². The number of piperidine rings is 1. The van der Waals surface area contributed by atoms with Gasteiger partial charge in [0.15, 0.2) is 0 Å². The summed E-state index contributed by atoms with van der Waals surface area (Å²) in [5.41, 5.74) is -1.67. The molecular weight excluding hydrogens is 306 g/mol. The van der Waals surface area contributed by atoms with Crippen molar-refractivity contribution in [2.24, 2.45) is 5.92 Å². The van der Waals surface area contributed by atoms with E-state index in [1.165, 1.54) is 4.90 Å². The number of rotatable bonds is 2. The number of halogens is 3. The van der Waals surface area contributed by atoms with Gasteiger partial charge in [0.2, 0.25) is 5.82 Å². The van der Waals surface area contributed by atoms with Crippen LogP contribution in [-0.4, -0.2) is 34.2 Å². The lowest BCUT2D eigenvalue weighted by molar-refractivity contribution is -0.387. The summed E-state index contributed by atoms with van der Waals surface area (Å²) >= 11 is 6.05. The quantitative estimate of drug-likeness (QED) is 0.478. The number of likely N-dealkylation sites (tertiary alicyclic amines) is 1. The lowest BCUT2D eigenvalue weighted by Gasteiger charge is -2.34. The van der Waals surface area contributed by atoms with E-state index in [1.54, 1.807) is 0 Å². The van der Waals surface area contributed by atoms with Gasteiger partial charge in [-0.2, -0.15) is 4.39 Å². The Balaban J connectivity index is 2.33. The Kier molecular flexibility index (Phi) is 4.41. The molecule has 21 heavy (non-hydrogen) atoms. The van der Waals surface area contributed by atoms with Crippen LogP contribution >= 0.6 is 11.6 Å². The van der Waals surface area contributed by atoms with Crippen LogP contribution in [0.15, 0.2) is 12.1 Å². The maximum absolute atomic E-state index is 14.0. The molecule has 2 atom stereocenters. The highest BCUT2D eigenvalue weighted by atomic mass is 35.5. The number of nitro benzene ring substituents is 1. The van der Waals surface area contributed by atoms with Crippen LogP contribution in [0.25, 0.3) is 0 Å². The van der Waals surface area contributed by atoms with Gasteiger partial charge < -0.3 is 4.90 Å². The lowest BCUT2D eigenvalue weighted by atomic mass is 9.98. The lowest BCUT2D eigenvalue weighted by Crippen LogP contribution is -2.43. The van der Waals surface area contributed by atoms with Crippen molar-refractivity contribution in [3.05, 3.63) is 39.4 Å². The predicted octanol–water partition coefficient (Wildman–Crippen LogP) is 2.96. The van der Waals surface area contributed by atoms with Gasteiger partial charge >= 0.3 is 5.69 Å². The number of amides is 1. The maximum Gasteiger partial charge on any atom is 0.308 e. The zero-order valence-corrected chi connectivity index (χ0v) is 11.9. The van der Waals surface area contributed by atoms with Crippen LogP contribution in [0.3, 0.4) is 0 Å². The van der Waals surface area contributed by atoms with Crippen LogP contribution in [0.4, 0.5) is 14.5 Å². The van der Waals surface area contributed by atoms with Crippen LogP contribution in [0.5, 0.6) is 0 Å². The van der Waals surface area contributed by atoms with Crippen LogP contribution in [0, 0.1) is 27.7 Å². The minimum absolute atomic E-state index is 0.0102. The van der Waals surface area contributed by atoms with Gasteiger partial charge in [-0.05, 0) is 18.4 Å². The monoisotopic (exact) mass is 318 g/mol. The van der Waals surface area contributed by atoms with E-state index in [-0.39, 0.29) is 11.3 Å². The van der Waals surface area contributed by atoms with Gasteiger partial charge in [0.05, 0.1) is 16.6 Å². The standard InChI is InChI=1S/C13H13ClF2N2O3/c1-7-6-17(3-2-10(7)14)13(19)9-4-8(15)5-11(12(9)16)18(20)21/h4-5,7,10H,2-3,6H2,1H3. The Bertz CT molecular complexity index is 597. The van der Waals surface area contributed by atoms with E-state index in [1.807, 2.05) is 6.92 Å². The third kappa shape index (κ3) is 3.12. The zero-order chi connectivity index (χ0) is 15.7. The number of benzene rings is 1. The van der Waals surface area contributed by atoms with Gasteiger partial charge in [-0.3, -0.25) is 14.9 Å². The van der Waals surface area contributed by atoms with Crippen molar-refractivity contribution in [3.8, 4) is 0 Å². The van der Waals surface area contributed by atoms with Crippen molar-refractivity contribution in [1.82, 2.24) is 4.90 Å². The maximum atomic E-state index is 14.0. The van der Waals surface area contributed by atoms with Crippen LogP contribution in [-0.2, 0) is 0 Å². The SMILES string of the molecule is CC1CN(C(=O)c2cc(F)cc([N+](=O)[O-])c2F)CCC1Cl. The molecule has 0 aromatic heterocycles. The smallest absolute Gasteiger partial charge is 0.308 e. The van der Waals surface area contributed by atoms with Crippen molar-refractivity contribution in [3.63, 3.8) is 0 Å². The van der Waals surface area contributed by atoms with E-state index >= 15 is 0 Å². The molecule has 8 heteroatoms. The number of carbonyl (C=O) groups is 1.